The van der Waals surface area contributed by atoms with E-state index in [-0.39, 0.29) is 17.4 Å². The van der Waals surface area contributed by atoms with Gasteiger partial charge in [-0.15, -0.1) is 10.1 Å². The molecule has 4 unspecified atom stereocenters. The van der Waals surface area contributed by atoms with Crippen LogP contribution in [0.5, 0.6) is 0 Å². The Bertz CT molecular complexity index is 363. The third kappa shape index (κ3) is 3.43. The van der Waals surface area contributed by atoms with Gasteiger partial charge in [0.05, 0.1) is 0 Å². The minimum absolute atomic E-state index is 0.00116. The molecular weight excluding hydrogens is 256 g/mol. The van der Waals surface area contributed by atoms with E-state index in [4.69, 9.17) is 10.6 Å². The van der Waals surface area contributed by atoms with Crippen LogP contribution >= 0.6 is 0 Å². The van der Waals surface area contributed by atoms with Gasteiger partial charge in [0, 0.05) is 0 Å². The van der Waals surface area contributed by atoms with Crippen LogP contribution in [0, 0.1) is 32.8 Å². The van der Waals surface area contributed by atoms with Crippen molar-refractivity contribution in [2.75, 3.05) is 13.2 Å². The molecule has 0 aromatic rings. The largest absolute Gasteiger partial charge is 0.330 e. The predicted octanol–water partition coefficient (Wildman–Crippen LogP) is 3.16. The predicted molar refractivity (Wildman–Crippen MR) is 77.5 cm³/mol. The van der Waals surface area contributed by atoms with E-state index in [1.807, 2.05) is 0 Å². The van der Waals surface area contributed by atoms with Gasteiger partial charge in [0.1, 0.15) is 6.61 Å². The second-order valence-electron chi connectivity index (χ2n) is 7.51. The van der Waals surface area contributed by atoms with Crippen LogP contribution in [0.3, 0.4) is 0 Å². The van der Waals surface area contributed by atoms with Gasteiger partial charge in [-0.3, -0.25) is 0 Å². The third-order valence-electron chi connectivity index (χ3n) is 5.49. The van der Waals surface area contributed by atoms with Crippen molar-refractivity contribution >= 4 is 0 Å². The summed E-state index contributed by atoms with van der Waals surface area (Å²) in [6.45, 7) is 5.51. The Hall–Kier alpha value is -0.840. The average molecular weight is 284 g/mol. The van der Waals surface area contributed by atoms with Crippen molar-refractivity contribution in [1.29, 1.82) is 0 Å². The number of hydrogen-bond acceptors (Lipinski definition) is 4. The van der Waals surface area contributed by atoms with Gasteiger partial charge in [-0.05, 0) is 67.7 Å². The van der Waals surface area contributed by atoms with E-state index in [0.717, 1.165) is 25.7 Å². The second-order valence-corrected chi connectivity index (χ2v) is 7.51. The Kier molecular flexibility index (Phi) is 4.57. The molecule has 0 aromatic heterocycles. The normalized spacial score (nSPS) is 40.4. The maximum absolute atomic E-state index is 10.6. The highest BCUT2D eigenvalue weighted by atomic mass is 16.9. The number of nitrogens with two attached hydrogens (primary N) is 1. The van der Waals surface area contributed by atoms with E-state index in [2.05, 4.69) is 13.8 Å². The van der Waals surface area contributed by atoms with Crippen molar-refractivity contribution in [3.05, 3.63) is 10.1 Å². The Balaban J connectivity index is 2.15. The van der Waals surface area contributed by atoms with Gasteiger partial charge in [0.25, 0.3) is 5.09 Å². The van der Waals surface area contributed by atoms with Gasteiger partial charge in [-0.1, -0.05) is 20.3 Å². The summed E-state index contributed by atoms with van der Waals surface area (Å²) < 4.78 is 0. The van der Waals surface area contributed by atoms with Crippen LogP contribution in [0.1, 0.15) is 58.8 Å². The average Bonchev–Trinajstić information content (AvgIpc) is 2.35. The molecule has 4 atom stereocenters. The molecule has 0 amide bonds. The Morgan fingerprint density at radius 2 is 2.15 bits per heavy atom. The molecule has 0 saturated heterocycles. The molecule has 5 heteroatoms. The van der Waals surface area contributed by atoms with Crippen LogP contribution in [0.15, 0.2) is 0 Å². The van der Waals surface area contributed by atoms with Crippen molar-refractivity contribution < 1.29 is 9.92 Å². The zero-order chi connectivity index (χ0) is 14.8. The molecule has 0 heterocycles. The third-order valence-corrected chi connectivity index (χ3v) is 5.49. The number of hydrogen-bond donors (Lipinski definition) is 1. The molecule has 2 aliphatic carbocycles. The van der Waals surface area contributed by atoms with Gasteiger partial charge in [-0.25, -0.2) is 0 Å². The Morgan fingerprint density at radius 1 is 1.40 bits per heavy atom. The zero-order valence-corrected chi connectivity index (χ0v) is 12.8. The second kappa shape index (κ2) is 5.88. The standard InChI is InChI=1S/C15H28N2O3/c1-3-12-6-13-7-14(2,4-5-16)10-15(8-12,9-13)11-20-17(18)19/h12-13H,3-11,16H2,1-2H3. The molecule has 5 nitrogen and oxygen atoms in total. The summed E-state index contributed by atoms with van der Waals surface area (Å²) in [6.07, 6.45) is 7.88. The molecule has 2 saturated carbocycles. The fraction of sp³-hybridized carbons (Fsp3) is 1.00. The maximum atomic E-state index is 10.6. The van der Waals surface area contributed by atoms with E-state index in [1.54, 1.807) is 0 Å². The van der Waals surface area contributed by atoms with Gasteiger partial charge in [-0.2, -0.15) is 0 Å². The first-order valence-electron chi connectivity index (χ1n) is 7.88. The van der Waals surface area contributed by atoms with Crippen molar-refractivity contribution in [1.82, 2.24) is 0 Å². The Labute approximate surface area is 121 Å². The molecule has 20 heavy (non-hydrogen) atoms. The number of nitrogens with zero attached hydrogens (tertiary/aromatic N) is 1. The highest BCUT2D eigenvalue weighted by Gasteiger charge is 2.50. The van der Waals surface area contributed by atoms with Gasteiger partial charge < -0.3 is 10.6 Å². The summed E-state index contributed by atoms with van der Waals surface area (Å²) in [6, 6.07) is 0. The van der Waals surface area contributed by atoms with Crippen molar-refractivity contribution in [2.45, 2.75) is 58.8 Å². The lowest BCUT2D eigenvalue weighted by Crippen LogP contribution is -2.47. The quantitative estimate of drug-likeness (QED) is 0.600. The molecule has 2 rings (SSSR count). The minimum Gasteiger partial charge on any atom is -0.330 e. The van der Waals surface area contributed by atoms with Crippen LogP contribution in [0.4, 0.5) is 0 Å². The Morgan fingerprint density at radius 3 is 2.75 bits per heavy atom. The molecule has 2 N–H and O–H groups in total. The summed E-state index contributed by atoms with van der Waals surface area (Å²) in [5.41, 5.74) is 6.01. The van der Waals surface area contributed by atoms with Crippen LogP contribution in [-0.4, -0.2) is 18.2 Å². The van der Waals surface area contributed by atoms with Crippen molar-refractivity contribution in [3.63, 3.8) is 0 Å². The summed E-state index contributed by atoms with van der Waals surface area (Å²) in [5, 5.41) is 9.97. The smallest absolute Gasteiger partial charge is 0.294 e. The van der Waals surface area contributed by atoms with Crippen LogP contribution in [0.2, 0.25) is 0 Å². The summed E-state index contributed by atoms with van der Waals surface area (Å²) >= 11 is 0. The molecule has 116 valence electrons. The molecule has 0 radical (unpaired) electrons. The summed E-state index contributed by atoms with van der Waals surface area (Å²) in [7, 11) is 0. The highest BCUT2D eigenvalue weighted by Crippen LogP contribution is 2.58. The molecule has 0 aromatic carbocycles. The van der Waals surface area contributed by atoms with Gasteiger partial charge >= 0.3 is 0 Å². The summed E-state index contributed by atoms with van der Waals surface area (Å²) in [4.78, 5) is 15.4. The highest BCUT2D eigenvalue weighted by molar-refractivity contribution is 5.00. The van der Waals surface area contributed by atoms with Gasteiger partial charge in [0.2, 0.25) is 0 Å². The van der Waals surface area contributed by atoms with Crippen molar-refractivity contribution in [2.24, 2.45) is 28.4 Å². The zero-order valence-electron chi connectivity index (χ0n) is 12.8. The van der Waals surface area contributed by atoms with E-state index in [0.29, 0.717) is 18.4 Å². The minimum atomic E-state index is -0.631. The molecular formula is C15H28N2O3. The first kappa shape index (κ1) is 15.5. The van der Waals surface area contributed by atoms with Crippen molar-refractivity contribution in [3.8, 4) is 0 Å². The first-order chi connectivity index (χ1) is 9.40. The van der Waals surface area contributed by atoms with Crippen LogP contribution in [0.25, 0.3) is 0 Å². The molecule has 0 aliphatic heterocycles. The molecule has 0 spiro atoms. The lowest BCUT2D eigenvalue weighted by molar-refractivity contribution is -0.761. The lowest BCUT2D eigenvalue weighted by Gasteiger charge is -2.54. The van der Waals surface area contributed by atoms with E-state index >= 15 is 0 Å². The number of fused-ring (bicyclic) bond motifs is 2. The fourth-order valence-electron chi connectivity index (χ4n) is 5.13. The molecule has 2 bridgehead atoms. The van der Waals surface area contributed by atoms with Crippen LogP contribution in [-0.2, 0) is 4.84 Å². The fourth-order valence-corrected chi connectivity index (χ4v) is 5.13. The lowest BCUT2D eigenvalue weighted by atomic mass is 9.51. The van der Waals surface area contributed by atoms with E-state index in [1.165, 1.54) is 19.3 Å². The van der Waals surface area contributed by atoms with Crippen LogP contribution < -0.4 is 5.73 Å². The first-order valence-corrected chi connectivity index (χ1v) is 7.88. The summed E-state index contributed by atoms with van der Waals surface area (Å²) in [5.74, 6) is 1.39. The maximum Gasteiger partial charge on any atom is 0.294 e. The SMILES string of the molecule is CCC1CC2CC(C)(CCN)CC(CO[N+](=O)[O-])(C1)C2. The van der Waals surface area contributed by atoms with E-state index < -0.39 is 5.09 Å². The van der Waals surface area contributed by atoms with E-state index in [9.17, 15) is 10.1 Å². The molecule has 2 fully saturated rings. The molecule has 2 aliphatic rings. The van der Waals surface area contributed by atoms with Gasteiger partial charge in [0.15, 0.2) is 0 Å². The topological polar surface area (TPSA) is 78.4 Å². The monoisotopic (exact) mass is 284 g/mol. The number of rotatable bonds is 6.